The number of esters is 2. The van der Waals surface area contributed by atoms with Gasteiger partial charge in [0.1, 0.15) is 36.6 Å². The number of phenolic OH excluding ortho intramolecular Hbond substituents is 1. The topological polar surface area (TPSA) is 286 Å². The van der Waals surface area contributed by atoms with Crippen molar-refractivity contribution in [1.29, 1.82) is 0 Å². The number of allylic oxidation sites excluding steroid dienone is 4. The summed E-state index contributed by atoms with van der Waals surface area (Å²) in [7, 11) is 0. The maximum Gasteiger partial charge on any atom is 0.312 e. The highest BCUT2D eigenvalue weighted by atomic mass is 16.7. The van der Waals surface area contributed by atoms with Gasteiger partial charge in [-0.25, -0.2) is 0 Å². The normalized spacial score (nSPS) is 34.9. The Morgan fingerprint density at radius 2 is 1.64 bits per heavy atom. The number of fused-ring (bicyclic) bond motifs is 15. The molecular weight excluding hydrogens is 919 g/mol. The molecule has 5 aliphatic heterocycles. The van der Waals surface area contributed by atoms with Crippen molar-refractivity contribution in [2.75, 3.05) is 6.79 Å². The Morgan fingerprint density at radius 1 is 0.957 bits per heavy atom. The molecule has 5 N–H and O–H groups in total. The summed E-state index contributed by atoms with van der Waals surface area (Å²) in [5.41, 5.74) is -3.40. The van der Waals surface area contributed by atoms with Crippen molar-refractivity contribution in [2.24, 2.45) is 29.1 Å². The van der Waals surface area contributed by atoms with E-state index in [1.54, 1.807) is 20.8 Å². The monoisotopic (exact) mass is 981 g/mol. The molecule has 2 saturated heterocycles. The van der Waals surface area contributed by atoms with E-state index < -0.39 is 148 Å². The minimum atomic E-state index is -2.18. The number of phenols is 1. The first-order valence-corrected chi connectivity index (χ1v) is 23.1. The molecule has 0 saturated carbocycles. The fourth-order valence-corrected chi connectivity index (χ4v) is 9.48. The number of Topliss-reactive ketones (excluding diaryl/α,β-unsaturated/α-hetero) is 2. The molecule has 1 aromatic rings. The third-order valence-electron chi connectivity index (χ3n) is 13.8. The number of carbonyl (C=O) groups excluding carboxylic acids is 6. The summed E-state index contributed by atoms with van der Waals surface area (Å²) in [5, 5.41) is 47.5. The largest absolute Gasteiger partial charge is 0.507 e. The molecular formula is C50H63NO19. The summed E-state index contributed by atoms with van der Waals surface area (Å²) in [4.78, 5) is 93.6. The molecule has 14 atom stereocenters. The third kappa shape index (κ3) is 10.8. The summed E-state index contributed by atoms with van der Waals surface area (Å²) in [6, 6.07) is 0. The van der Waals surface area contributed by atoms with Crippen LogP contribution >= 0.6 is 0 Å². The lowest BCUT2D eigenvalue weighted by Crippen LogP contribution is -2.50. The first-order valence-electron chi connectivity index (χ1n) is 23.1. The molecule has 20 nitrogen and oxygen atoms in total. The van der Waals surface area contributed by atoms with Crippen molar-refractivity contribution < 1.29 is 91.9 Å². The summed E-state index contributed by atoms with van der Waals surface area (Å²) < 4.78 is 48.0. The van der Waals surface area contributed by atoms with Gasteiger partial charge in [-0.2, -0.15) is 0 Å². The lowest BCUT2D eigenvalue weighted by Gasteiger charge is -2.41. The second-order valence-electron chi connectivity index (χ2n) is 19.5. The molecule has 14 unspecified atom stereocenters. The van der Waals surface area contributed by atoms with Gasteiger partial charge < -0.3 is 63.6 Å². The standard InChI is InChI=1S/C50H63NO19/c1-21-13-12-14-29(26(6)67-48(62)49(9,10)19-34(54)55)40(57)23(3)39(56)24(4)43(68-28(8)52)22(2)32(69-35-18-33-45(27(7)66-35)64-20-63-33)15-16-65-50(11)46(60)38-36-31(53)17-30(51-47(21)61)42(59)37(36)41(58)25(5)44(38)70-50/h12-17,22-24,26-27,29,32-33,35,39-40,43,45,56-58H,18-20H2,1-11H3,(H,51,61)(H,54,55)/b14-12+,16-15-,21-13+. The number of aromatic hydroxyl groups is 1. The van der Waals surface area contributed by atoms with Gasteiger partial charge in [0.2, 0.25) is 5.78 Å². The van der Waals surface area contributed by atoms with Crippen molar-refractivity contribution in [1.82, 2.24) is 5.32 Å². The summed E-state index contributed by atoms with van der Waals surface area (Å²) in [6.45, 7) is 16.1. The van der Waals surface area contributed by atoms with Gasteiger partial charge in [-0.3, -0.25) is 33.6 Å². The Morgan fingerprint density at radius 3 is 2.30 bits per heavy atom. The van der Waals surface area contributed by atoms with E-state index in [1.165, 1.54) is 79.7 Å². The fourth-order valence-electron chi connectivity index (χ4n) is 9.48. The van der Waals surface area contributed by atoms with E-state index >= 15 is 0 Å². The van der Waals surface area contributed by atoms with E-state index in [0.29, 0.717) is 0 Å². The third-order valence-corrected chi connectivity index (χ3v) is 13.8. The van der Waals surface area contributed by atoms with Crippen LogP contribution in [0.2, 0.25) is 0 Å². The molecule has 2 fully saturated rings. The quantitative estimate of drug-likeness (QED) is 0.227. The Kier molecular flexibility index (Phi) is 16.0. The SMILES string of the molecule is CC(=O)OC1C(C)C(OC2CC3OCOC3C(C)O2)/C=C\OC2(C)Oc3c(C)c(O)c4c(c3C2=O)C(=O)C=C(NC(=O)/C(C)=C/C=C/C(C(C)OC(=O)C(C)(C)CC(=O)O)C(O)C(C)C(O)C1C)C4=O. The number of carbonyl (C=O) groups is 7. The van der Waals surface area contributed by atoms with Gasteiger partial charge in [0.05, 0.1) is 71.0 Å². The van der Waals surface area contributed by atoms with Gasteiger partial charge in [0.15, 0.2) is 12.1 Å². The molecule has 6 aliphatic rings. The first kappa shape index (κ1) is 53.6. The van der Waals surface area contributed by atoms with Gasteiger partial charge in [0, 0.05) is 61.2 Å². The molecule has 5 heterocycles. The first-order chi connectivity index (χ1) is 32.7. The molecule has 0 spiro atoms. The van der Waals surface area contributed by atoms with Crippen molar-refractivity contribution >= 4 is 41.2 Å². The highest BCUT2D eigenvalue weighted by molar-refractivity contribution is 6.30. The Hall–Kier alpha value is -5.77. The molecule has 0 aromatic heterocycles. The van der Waals surface area contributed by atoms with Gasteiger partial charge in [-0.05, 0) is 47.6 Å². The van der Waals surface area contributed by atoms with Gasteiger partial charge in [-0.1, -0.05) is 39.0 Å². The van der Waals surface area contributed by atoms with Crippen LogP contribution in [0.5, 0.6) is 11.5 Å². The zero-order chi connectivity index (χ0) is 51.9. The van der Waals surface area contributed by atoms with Crippen molar-refractivity contribution in [3.8, 4) is 11.5 Å². The van der Waals surface area contributed by atoms with Crippen molar-refractivity contribution in [3.63, 3.8) is 0 Å². The number of hydrogen-bond acceptors (Lipinski definition) is 18. The molecule has 0 radical (unpaired) electrons. The number of rotatable bonds is 8. The van der Waals surface area contributed by atoms with Crippen molar-refractivity contribution in [3.05, 3.63) is 70.2 Å². The number of hydrogen-bond donors (Lipinski definition) is 5. The smallest absolute Gasteiger partial charge is 0.312 e. The van der Waals surface area contributed by atoms with Crippen LogP contribution < -0.4 is 10.1 Å². The van der Waals surface area contributed by atoms with E-state index in [1.807, 2.05) is 0 Å². The second-order valence-corrected chi connectivity index (χ2v) is 19.5. The molecule has 1 aromatic carbocycles. The van der Waals surface area contributed by atoms with Gasteiger partial charge in [0.25, 0.3) is 11.7 Å². The average Bonchev–Trinajstić information content (AvgIpc) is 3.86. The molecule has 1 aliphatic carbocycles. The maximum atomic E-state index is 14.4. The maximum absolute atomic E-state index is 14.4. The molecule has 5 bridgehead atoms. The van der Waals surface area contributed by atoms with Crippen molar-refractivity contribution in [2.45, 2.75) is 150 Å². The zero-order valence-corrected chi connectivity index (χ0v) is 41.0. The number of ether oxygens (including phenoxy) is 8. The van der Waals surface area contributed by atoms with Crippen LogP contribution in [0.4, 0.5) is 0 Å². The van der Waals surface area contributed by atoms with E-state index in [2.05, 4.69) is 5.32 Å². The average molecular weight is 982 g/mol. The predicted molar refractivity (Wildman–Crippen MR) is 243 cm³/mol. The minimum absolute atomic E-state index is 0.0225. The van der Waals surface area contributed by atoms with Crippen LogP contribution in [-0.2, 0) is 52.3 Å². The van der Waals surface area contributed by atoms with Crippen LogP contribution in [0.25, 0.3) is 0 Å². The Bertz CT molecular complexity index is 2420. The number of aliphatic hydroxyl groups is 2. The van der Waals surface area contributed by atoms with Crippen LogP contribution in [0.1, 0.15) is 119 Å². The number of carboxylic acids is 1. The van der Waals surface area contributed by atoms with Gasteiger partial charge >= 0.3 is 23.7 Å². The summed E-state index contributed by atoms with van der Waals surface area (Å²) in [5.74, 6) is -13.6. The van der Waals surface area contributed by atoms with E-state index in [4.69, 9.17) is 37.9 Å². The zero-order valence-electron chi connectivity index (χ0n) is 41.0. The Balaban J connectivity index is 1.45. The highest BCUT2D eigenvalue weighted by Crippen LogP contribution is 2.48. The number of ketones is 3. The van der Waals surface area contributed by atoms with Crippen LogP contribution in [0, 0.1) is 36.0 Å². The van der Waals surface area contributed by atoms with E-state index in [-0.39, 0.29) is 47.9 Å². The highest BCUT2D eigenvalue weighted by Gasteiger charge is 2.52. The Labute approximate surface area is 404 Å². The number of benzene rings is 1. The number of aliphatic hydroxyl groups excluding tert-OH is 2. The van der Waals surface area contributed by atoms with Gasteiger partial charge in [-0.15, -0.1) is 0 Å². The number of nitrogens with one attached hydrogen (secondary N) is 1. The summed E-state index contributed by atoms with van der Waals surface area (Å²) in [6.07, 6.45) is -1.45. The molecule has 1 amide bonds. The van der Waals surface area contributed by atoms with E-state index in [0.717, 1.165) is 12.3 Å². The molecule has 20 heteroatoms. The minimum Gasteiger partial charge on any atom is -0.507 e. The van der Waals surface area contributed by atoms with Crippen LogP contribution in [-0.4, -0.2) is 129 Å². The molecule has 70 heavy (non-hydrogen) atoms. The number of aliphatic carboxylic acids is 1. The fraction of sp³-hybridized carbons (Fsp3) is 0.580. The van der Waals surface area contributed by atoms with Crippen LogP contribution in [0.15, 0.2) is 47.9 Å². The van der Waals surface area contributed by atoms with Crippen LogP contribution in [0.3, 0.4) is 0 Å². The number of amides is 1. The molecule has 382 valence electrons. The van der Waals surface area contributed by atoms with E-state index in [9.17, 15) is 54.0 Å². The molecule has 7 rings (SSSR count). The lowest BCUT2D eigenvalue weighted by molar-refractivity contribution is -0.246. The number of carboxylic acid groups (broad SMARTS) is 1. The second kappa shape index (κ2) is 20.9. The lowest BCUT2D eigenvalue weighted by atomic mass is 9.77. The predicted octanol–water partition coefficient (Wildman–Crippen LogP) is 4.29. The summed E-state index contributed by atoms with van der Waals surface area (Å²) >= 11 is 0.